The van der Waals surface area contributed by atoms with Crippen molar-refractivity contribution in [2.24, 2.45) is 0 Å². The van der Waals surface area contributed by atoms with Crippen LogP contribution in [0.1, 0.15) is 11.1 Å². The van der Waals surface area contributed by atoms with Crippen LogP contribution in [0.25, 0.3) is 0 Å². The number of carbonyl (C=O) groups is 1. The molecule has 0 atom stereocenters. The smallest absolute Gasteiger partial charge is 0.336 e. The highest BCUT2D eigenvalue weighted by atomic mass is 19.4. The molecule has 0 aromatic heterocycles. The third kappa shape index (κ3) is 5.61. The highest BCUT2D eigenvalue weighted by Gasteiger charge is 2.31. The van der Waals surface area contributed by atoms with E-state index in [4.69, 9.17) is 0 Å². The Morgan fingerprint density at radius 2 is 1.80 bits per heavy atom. The van der Waals surface area contributed by atoms with Gasteiger partial charge in [-0.15, -0.1) is 0 Å². The predicted octanol–water partition coefficient (Wildman–Crippen LogP) is 2.45. The molecule has 0 radical (unpaired) electrons. The van der Waals surface area contributed by atoms with Crippen molar-refractivity contribution in [2.75, 3.05) is 27.2 Å². The Labute approximate surface area is 117 Å². The van der Waals surface area contributed by atoms with Crippen LogP contribution in [0.5, 0.6) is 0 Å². The van der Waals surface area contributed by atoms with E-state index in [1.165, 1.54) is 0 Å². The van der Waals surface area contributed by atoms with Gasteiger partial charge in [-0.05, 0) is 25.1 Å². The highest BCUT2D eigenvalue weighted by molar-refractivity contribution is 5.78. The van der Waals surface area contributed by atoms with Crippen LogP contribution >= 0.6 is 0 Å². The first kappa shape index (κ1) is 16.5. The molecule has 0 bridgehead atoms. The standard InChI is InChI=1S/C14H19F3N2O/c1-11-6-4-5-7-12(11)8-18(2)9-13(20)19(3)10-14(15,16)17/h4-7H,8-10H2,1-3H3. The maximum atomic E-state index is 12.2. The van der Waals surface area contributed by atoms with Gasteiger partial charge in [0.2, 0.25) is 5.91 Å². The van der Waals surface area contributed by atoms with Gasteiger partial charge in [0, 0.05) is 13.6 Å². The summed E-state index contributed by atoms with van der Waals surface area (Å²) in [4.78, 5) is 14.1. The molecule has 3 nitrogen and oxygen atoms in total. The van der Waals surface area contributed by atoms with Crippen molar-refractivity contribution in [3.8, 4) is 0 Å². The Hall–Kier alpha value is -1.56. The largest absolute Gasteiger partial charge is 0.406 e. The van der Waals surface area contributed by atoms with Crippen LogP contribution < -0.4 is 0 Å². The molecule has 1 aromatic carbocycles. The molecule has 0 aliphatic heterocycles. The number of halogens is 3. The quantitative estimate of drug-likeness (QED) is 0.831. The van der Waals surface area contributed by atoms with E-state index in [1.54, 1.807) is 11.9 Å². The Balaban J connectivity index is 2.52. The van der Waals surface area contributed by atoms with Gasteiger partial charge in [0.25, 0.3) is 0 Å². The summed E-state index contributed by atoms with van der Waals surface area (Å²) in [6, 6.07) is 7.71. The van der Waals surface area contributed by atoms with Gasteiger partial charge in [-0.2, -0.15) is 13.2 Å². The van der Waals surface area contributed by atoms with E-state index in [2.05, 4.69) is 0 Å². The summed E-state index contributed by atoms with van der Waals surface area (Å²) in [7, 11) is 2.88. The number of carbonyl (C=O) groups excluding carboxylic acids is 1. The van der Waals surface area contributed by atoms with Crippen LogP contribution in [0, 0.1) is 6.92 Å². The van der Waals surface area contributed by atoms with E-state index in [-0.39, 0.29) is 6.54 Å². The minimum absolute atomic E-state index is 0.0408. The molecule has 0 heterocycles. The molecule has 1 amide bonds. The topological polar surface area (TPSA) is 23.6 Å². The summed E-state index contributed by atoms with van der Waals surface area (Å²) in [5.74, 6) is -0.543. The van der Waals surface area contributed by atoms with Crippen molar-refractivity contribution < 1.29 is 18.0 Å². The SMILES string of the molecule is Cc1ccccc1CN(C)CC(=O)N(C)CC(F)(F)F. The van der Waals surface area contributed by atoms with Gasteiger partial charge >= 0.3 is 6.18 Å². The third-order valence-corrected chi connectivity index (χ3v) is 2.95. The molecule has 20 heavy (non-hydrogen) atoms. The van der Waals surface area contributed by atoms with Crippen molar-refractivity contribution in [2.45, 2.75) is 19.6 Å². The molecular weight excluding hydrogens is 269 g/mol. The van der Waals surface area contributed by atoms with Crippen molar-refractivity contribution in [1.82, 2.24) is 9.80 Å². The van der Waals surface area contributed by atoms with Crippen LogP contribution in [-0.2, 0) is 11.3 Å². The molecule has 0 saturated heterocycles. The lowest BCUT2D eigenvalue weighted by atomic mass is 10.1. The molecule has 6 heteroatoms. The Kier molecular flexibility index (Phi) is 5.56. The number of amides is 1. The molecule has 0 aliphatic carbocycles. The lowest BCUT2D eigenvalue weighted by molar-refractivity contribution is -0.158. The van der Waals surface area contributed by atoms with E-state index >= 15 is 0 Å². The first-order chi connectivity index (χ1) is 9.19. The maximum Gasteiger partial charge on any atom is 0.406 e. The summed E-state index contributed by atoms with van der Waals surface area (Å²) in [5.41, 5.74) is 2.15. The van der Waals surface area contributed by atoms with Crippen molar-refractivity contribution in [3.05, 3.63) is 35.4 Å². The van der Waals surface area contributed by atoms with Gasteiger partial charge in [-0.1, -0.05) is 24.3 Å². The average molecular weight is 288 g/mol. The zero-order chi connectivity index (χ0) is 15.3. The molecule has 0 spiro atoms. The first-order valence-electron chi connectivity index (χ1n) is 6.23. The molecule has 0 saturated carbocycles. The van der Waals surface area contributed by atoms with Crippen LogP contribution in [0.3, 0.4) is 0 Å². The fourth-order valence-corrected chi connectivity index (χ4v) is 1.84. The van der Waals surface area contributed by atoms with Crippen molar-refractivity contribution >= 4 is 5.91 Å². The summed E-state index contributed by atoms with van der Waals surface area (Å²) < 4.78 is 36.6. The minimum Gasteiger partial charge on any atom is -0.336 e. The minimum atomic E-state index is -4.36. The Morgan fingerprint density at radius 1 is 1.20 bits per heavy atom. The Morgan fingerprint density at radius 3 is 2.35 bits per heavy atom. The van der Waals surface area contributed by atoms with Crippen LogP contribution in [-0.4, -0.2) is 49.1 Å². The van der Waals surface area contributed by atoms with Crippen LogP contribution in [0.4, 0.5) is 13.2 Å². The first-order valence-corrected chi connectivity index (χ1v) is 6.23. The summed E-state index contributed by atoms with van der Waals surface area (Å²) in [6.45, 7) is 1.23. The highest BCUT2D eigenvalue weighted by Crippen LogP contribution is 2.16. The third-order valence-electron chi connectivity index (χ3n) is 2.95. The molecular formula is C14H19F3N2O. The van der Waals surface area contributed by atoms with E-state index in [0.717, 1.165) is 18.2 Å². The maximum absolute atomic E-state index is 12.2. The van der Waals surface area contributed by atoms with Crippen LogP contribution in [0.2, 0.25) is 0 Å². The van der Waals surface area contributed by atoms with Gasteiger partial charge in [0.15, 0.2) is 0 Å². The van der Waals surface area contributed by atoms with Crippen molar-refractivity contribution in [1.29, 1.82) is 0 Å². The summed E-state index contributed by atoms with van der Waals surface area (Å²) in [5, 5.41) is 0. The predicted molar refractivity (Wildman–Crippen MR) is 71.2 cm³/mol. The van der Waals surface area contributed by atoms with E-state index < -0.39 is 18.6 Å². The number of nitrogens with zero attached hydrogens (tertiary/aromatic N) is 2. The van der Waals surface area contributed by atoms with E-state index in [9.17, 15) is 18.0 Å². The van der Waals surface area contributed by atoms with Gasteiger partial charge in [-0.3, -0.25) is 9.69 Å². The number of rotatable bonds is 5. The number of alkyl halides is 3. The number of likely N-dealkylation sites (N-methyl/N-ethyl adjacent to an activating group) is 2. The van der Waals surface area contributed by atoms with Gasteiger partial charge in [0.1, 0.15) is 6.54 Å². The van der Waals surface area contributed by atoms with Gasteiger partial charge in [0.05, 0.1) is 6.54 Å². The lowest BCUT2D eigenvalue weighted by Crippen LogP contribution is -2.41. The summed E-state index contributed by atoms with van der Waals surface area (Å²) >= 11 is 0. The normalized spacial score (nSPS) is 11.8. The molecule has 0 aliphatic rings. The number of aryl methyl sites for hydroxylation is 1. The zero-order valence-corrected chi connectivity index (χ0v) is 11.9. The fourth-order valence-electron chi connectivity index (χ4n) is 1.84. The van der Waals surface area contributed by atoms with E-state index in [0.29, 0.717) is 11.4 Å². The number of hydrogen-bond acceptors (Lipinski definition) is 2. The molecule has 1 rings (SSSR count). The average Bonchev–Trinajstić information content (AvgIpc) is 2.29. The van der Waals surface area contributed by atoms with Crippen LogP contribution in [0.15, 0.2) is 24.3 Å². The second-order valence-corrected chi connectivity index (χ2v) is 4.96. The lowest BCUT2D eigenvalue weighted by Gasteiger charge is -2.23. The van der Waals surface area contributed by atoms with Crippen molar-refractivity contribution in [3.63, 3.8) is 0 Å². The zero-order valence-electron chi connectivity index (χ0n) is 11.9. The number of benzene rings is 1. The molecule has 112 valence electrons. The number of hydrogen-bond donors (Lipinski definition) is 0. The monoisotopic (exact) mass is 288 g/mol. The van der Waals surface area contributed by atoms with Gasteiger partial charge < -0.3 is 4.90 Å². The molecule has 0 unspecified atom stereocenters. The van der Waals surface area contributed by atoms with Gasteiger partial charge in [-0.25, -0.2) is 0 Å². The fraction of sp³-hybridized carbons (Fsp3) is 0.500. The van der Waals surface area contributed by atoms with E-state index in [1.807, 2.05) is 31.2 Å². The second kappa shape index (κ2) is 6.74. The molecule has 0 N–H and O–H groups in total. The summed E-state index contributed by atoms with van der Waals surface area (Å²) in [6.07, 6.45) is -4.36. The molecule has 1 aromatic rings. The molecule has 0 fully saturated rings. The second-order valence-electron chi connectivity index (χ2n) is 4.96. The Bertz CT molecular complexity index is 460.